The zero-order valence-corrected chi connectivity index (χ0v) is 19.6. The highest BCUT2D eigenvalue weighted by atomic mass is 32.1. The Hall–Kier alpha value is -3.65. The van der Waals surface area contributed by atoms with Crippen LogP contribution in [0, 0.1) is 0 Å². The molecule has 1 rings (SSSR count). The van der Waals surface area contributed by atoms with Crippen molar-refractivity contribution in [2.45, 2.75) is 49.9 Å². The number of carbonyl (C=O) groups is 6. The Morgan fingerprint density at radius 2 is 1.40 bits per heavy atom. The van der Waals surface area contributed by atoms with Gasteiger partial charge in [0.05, 0.1) is 12.5 Å². The van der Waals surface area contributed by atoms with Crippen LogP contribution in [0.25, 0.3) is 0 Å². The van der Waals surface area contributed by atoms with Crippen molar-refractivity contribution < 1.29 is 39.0 Å². The molecule has 0 aliphatic heterocycles. The minimum atomic E-state index is -1.47. The average Bonchev–Trinajstić information content (AvgIpc) is 2.79. The molecule has 35 heavy (non-hydrogen) atoms. The lowest BCUT2D eigenvalue weighted by Crippen LogP contribution is -2.58. The maximum absolute atomic E-state index is 13.0. The monoisotopic (exact) mass is 511 g/mol. The fraction of sp³-hybridized carbons (Fsp3) is 0.429. The summed E-state index contributed by atoms with van der Waals surface area (Å²) in [5.74, 6) is -6.27. The summed E-state index contributed by atoms with van der Waals surface area (Å²) in [6, 6.07) is 3.13. The summed E-state index contributed by atoms with van der Waals surface area (Å²) in [4.78, 5) is 71.4. The van der Waals surface area contributed by atoms with E-state index in [9.17, 15) is 33.9 Å². The van der Waals surface area contributed by atoms with Gasteiger partial charge in [0.25, 0.3) is 0 Å². The minimum absolute atomic E-state index is 0.0215. The molecular weight excluding hydrogens is 482 g/mol. The second-order valence-corrected chi connectivity index (χ2v) is 7.97. The number of benzene rings is 1. The van der Waals surface area contributed by atoms with Gasteiger partial charge in [0, 0.05) is 18.6 Å². The highest BCUT2D eigenvalue weighted by Gasteiger charge is 2.30. The summed E-state index contributed by atoms with van der Waals surface area (Å²) in [5.41, 5.74) is 11.3. The normalized spacial score (nSPS) is 14.0. The van der Waals surface area contributed by atoms with E-state index in [1.807, 2.05) is 0 Å². The third-order valence-electron chi connectivity index (χ3n) is 4.76. The second kappa shape index (κ2) is 14.6. The molecule has 1 aromatic carbocycles. The molecule has 0 aliphatic carbocycles. The Morgan fingerprint density at radius 1 is 0.857 bits per heavy atom. The first-order valence-corrected chi connectivity index (χ1v) is 11.1. The molecule has 9 N–H and O–H groups in total. The number of amides is 4. The van der Waals surface area contributed by atoms with Gasteiger partial charge in [-0.2, -0.15) is 12.6 Å². The van der Waals surface area contributed by atoms with Gasteiger partial charge < -0.3 is 37.6 Å². The summed E-state index contributed by atoms with van der Waals surface area (Å²) >= 11 is 3.90. The number of carboxylic acids is 2. The maximum Gasteiger partial charge on any atom is 0.327 e. The van der Waals surface area contributed by atoms with Crippen LogP contribution in [0.4, 0.5) is 0 Å². The number of rotatable bonds is 15. The first-order valence-electron chi connectivity index (χ1n) is 10.5. The quantitative estimate of drug-likeness (QED) is 0.119. The Bertz CT molecular complexity index is 930. The summed E-state index contributed by atoms with van der Waals surface area (Å²) in [7, 11) is 0. The summed E-state index contributed by atoms with van der Waals surface area (Å²) in [6.45, 7) is 0. The first-order chi connectivity index (χ1) is 16.4. The van der Waals surface area contributed by atoms with Gasteiger partial charge in [-0.1, -0.05) is 30.3 Å². The van der Waals surface area contributed by atoms with Gasteiger partial charge in [-0.15, -0.1) is 0 Å². The largest absolute Gasteiger partial charge is 0.481 e. The van der Waals surface area contributed by atoms with Gasteiger partial charge in [-0.05, 0) is 12.0 Å². The highest BCUT2D eigenvalue weighted by molar-refractivity contribution is 7.80. The Labute approximate surface area is 206 Å². The smallest absolute Gasteiger partial charge is 0.327 e. The number of carbonyl (C=O) groups excluding carboxylic acids is 4. The fourth-order valence-corrected chi connectivity index (χ4v) is 3.15. The van der Waals surface area contributed by atoms with E-state index in [2.05, 4.69) is 28.6 Å². The van der Waals surface area contributed by atoms with Crippen LogP contribution in [0.3, 0.4) is 0 Å². The Kier molecular flexibility index (Phi) is 12.2. The molecule has 4 amide bonds. The number of thiol groups is 1. The Morgan fingerprint density at radius 3 is 1.91 bits per heavy atom. The van der Waals surface area contributed by atoms with E-state index in [-0.39, 0.29) is 25.0 Å². The summed E-state index contributed by atoms with van der Waals surface area (Å²) in [5, 5.41) is 25.0. The van der Waals surface area contributed by atoms with Gasteiger partial charge in [0.15, 0.2) is 0 Å². The predicted molar refractivity (Wildman–Crippen MR) is 126 cm³/mol. The van der Waals surface area contributed by atoms with Crippen molar-refractivity contribution in [2.24, 2.45) is 11.5 Å². The predicted octanol–water partition coefficient (Wildman–Crippen LogP) is -2.23. The van der Waals surface area contributed by atoms with Crippen molar-refractivity contribution in [1.29, 1.82) is 0 Å². The average molecular weight is 512 g/mol. The van der Waals surface area contributed by atoms with Crippen molar-refractivity contribution in [3.05, 3.63) is 35.9 Å². The van der Waals surface area contributed by atoms with E-state index in [0.717, 1.165) is 0 Å². The van der Waals surface area contributed by atoms with Crippen molar-refractivity contribution in [1.82, 2.24) is 16.0 Å². The van der Waals surface area contributed by atoms with Crippen molar-refractivity contribution >= 4 is 48.2 Å². The van der Waals surface area contributed by atoms with E-state index in [1.54, 1.807) is 30.3 Å². The zero-order valence-electron chi connectivity index (χ0n) is 18.7. The van der Waals surface area contributed by atoms with Crippen LogP contribution in [-0.2, 0) is 35.2 Å². The SMILES string of the molecule is NC(=O)CCC(NC(=O)C(N)CC(=O)O)C(=O)NC(Cc1ccccc1)C(=O)NC(CS)C(=O)O. The number of nitrogens with two attached hydrogens (primary N) is 2. The molecule has 0 aromatic heterocycles. The first kappa shape index (κ1) is 29.4. The molecule has 4 atom stereocenters. The highest BCUT2D eigenvalue weighted by Crippen LogP contribution is 2.07. The maximum atomic E-state index is 13.0. The van der Waals surface area contributed by atoms with Gasteiger partial charge in [-0.3, -0.25) is 24.0 Å². The molecule has 14 heteroatoms. The standard InChI is InChI=1S/C21H29N5O8S/c22-12(9-17(28)29)18(30)24-13(6-7-16(23)27)19(31)25-14(8-11-4-2-1-3-5-11)20(32)26-15(10-35)21(33)34/h1-5,12-15,35H,6-10,22H2,(H2,23,27)(H,24,30)(H,25,31)(H,26,32)(H,28,29)(H,33,34). The van der Waals surface area contributed by atoms with Crippen molar-refractivity contribution in [2.75, 3.05) is 5.75 Å². The molecule has 0 saturated heterocycles. The molecule has 0 saturated carbocycles. The van der Waals surface area contributed by atoms with Crippen LogP contribution in [-0.4, -0.2) is 75.7 Å². The van der Waals surface area contributed by atoms with Crippen LogP contribution < -0.4 is 27.4 Å². The third-order valence-corrected chi connectivity index (χ3v) is 5.12. The van der Waals surface area contributed by atoms with Crippen LogP contribution in [0.1, 0.15) is 24.8 Å². The molecule has 13 nitrogen and oxygen atoms in total. The van der Waals surface area contributed by atoms with Crippen molar-refractivity contribution in [3.63, 3.8) is 0 Å². The van der Waals surface area contributed by atoms with Gasteiger partial charge in [-0.25, -0.2) is 4.79 Å². The number of nitrogens with one attached hydrogen (secondary N) is 3. The molecule has 0 bridgehead atoms. The van der Waals surface area contributed by atoms with E-state index >= 15 is 0 Å². The lowest BCUT2D eigenvalue weighted by Gasteiger charge is -2.25. The molecule has 0 heterocycles. The molecular formula is C21H29N5O8S. The number of hydrogen-bond donors (Lipinski definition) is 8. The third kappa shape index (κ3) is 10.9. The zero-order chi connectivity index (χ0) is 26.5. The molecule has 0 radical (unpaired) electrons. The Balaban J connectivity index is 3.10. The van der Waals surface area contributed by atoms with Crippen LogP contribution >= 0.6 is 12.6 Å². The fourth-order valence-electron chi connectivity index (χ4n) is 2.90. The molecule has 0 aliphatic rings. The number of primary amides is 1. The van der Waals surface area contributed by atoms with E-state index in [4.69, 9.17) is 16.6 Å². The van der Waals surface area contributed by atoms with E-state index in [0.29, 0.717) is 5.56 Å². The number of aliphatic carboxylic acids is 2. The molecule has 0 fully saturated rings. The summed E-state index contributed by atoms with van der Waals surface area (Å²) < 4.78 is 0. The van der Waals surface area contributed by atoms with Crippen molar-refractivity contribution in [3.8, 4) is 0 Å². The molecule has 192 valence electrons. The topological polar surface area (TPSA) is 231 Å². The van der Waals surface area contributed by atoms with Crippen LogP contribution in [0.2, 0.25) is 0 Å². The summed E-state index contributed by atoms with van der Waals surface area (Å²) in [6.07, 6.45) is -1.27. The molecule has 1 aromatic rings. The van der Waals surface area contributed by atoms with Crippen LogP contribution in [0.5, 0.6) is 0 Å². The molecule has 4 unspecified atom stereocenters. The number of hydrogen-bond acceptors (Lipinski definition) is 8. The number of carboxylic acid groups (broad SMARTS) is 2. The lowest BCUT2D eigenvalue weighted by atomic mass is 10.0. The van der Waals surface area contributed by atoms with E-state index in [1.165, 1.54) is 0 Å². The minimum Gasteiger partial charge on any atom is -0.481 e. The van der Waals surface area contributed by atoms with E-state index < -0.39 is 66.2 Å². The van der Waals surface area contributed by atoms with Crippen LogP contribution in [0.15, 0.2) is 30.3 Å². The second-order valence-electron chi connectivity index (χ2n) is 7.60. The lowest BCUT2D eigenvalue weighted by molar-refractivity contribution is -0.141. The van der Waals surface area contributed by atoms with Gasteiger partial charge >= 0.3 is 11.9 Å². The van der Waals surface area contributed by atoms with Gasteiger partial charge in [0.2, 0.25) is 23.6 Å². The van der Waals surface area contributed by atoms with Gasteiger partial charge in [0.1, 0.15) is 18.1 Å². The molecule has 0 spiro atoms.